The average molecular weight is 344 g/mol. The maximum absolute atomic E-state index is 5.48. The topological polar surface area (TPSA) is 3.24 Å². The molecule has 0 aliphatic rings. The van der Waals surface area contributed by atoms with E-state index in [4.69, 9.17) is 24.4 Å². The molecule has 0 aliphatic carbocycles. The minimum Gasteiger partial charge on any atom is -0.378 e. The number of hydrogen-bond donors (Lipinski definition) is 0. The fraction of sp³-hybridized carbons (Fsp3) is 0.125. The van der Waals surface area contributed by atoms with E-state index in [1.54, 1.807) is 0 Å². The second-order valence-corrected chi connectivity index (χ2v) is 5.28. The van der Waals surface area contributed by atoms with Crippen LogP contribution in [-0.2, 0) is 16.5 Å². The molecule has 0 heterocycles. The van der Waals surface area contributed by atoms with Gasteiger partial charge in [0.25, 0.3) is 0 Å². The van der Waals surface area contributed by atoms with E-state index in [1.165, 1.54) is 0 Å². The molecule has 0 amide bonds. The molecule has 2 rings (SSSR count). The van der Waals surface area contributed by atoms with Crippen molar-refractivity contribution in [2.24, 2.45) is 0 Å². The van der Waals surface area contributed by atoms with E-state index in [1.807, 2.05) is 56.6 Å². The van der Waals surface area contributed by atoms with Gasteiger partial charge >= 0.3 is 0 Å². The Morgan fingerprint density at radius 1 is 0.750 bits per heavy atom. The summed E-state index contributed by atoms with van der Waals surface area (Å²) < 4.78 is 0. The van der Waals surface area contributed by atoms with Gasteiger partial charge in [0.2, 0.25) is 0 Å². The summed E-state index contributed by atoms with van der Waals surface area (Å²) >= 11 is 10.9. The van der Waals surface area contributed by atoms with Crippen molar-refractivity contribution in [3.63, 3.8) is 0 Å². The second kappa shape index (κ2) is 7.63. The minimum atomic E-state index is 0. The number of benzene rings is 2. The Morgan fingerprint density at radius 2 is 1.20 bits per heavy atom. The molecule has 0 radical (unpaired) electrons. The van der Waals surface area contributed by atoms with Gasteiger partial charge in [-0.15, -0.1) is 0 Å². The molecule has 0 saturated heterocycles. The summed E-state index contributed by atoms with van der Waals surface area (Å²) in [7, 11) is 4.03. The Morgan fingerprint density at radius 3 is 1.65 bits per heavy atom. The molecule has 20 heavy (non-hydrogen) atoms. The molecule has 2 aromatic rings. The fourth-order valence-corrected chi connectivity index (χ4v) is 2.27. The van der Waals surface area contributed by atoms with Crippen LogP contribution in [0.3, 0.4) is 0 Å². The summed E-state index contributed by atoms with van der Waals surface area (Å²) in [5.74, 6) is 0. The zero-order valence-electron chi connectivity index (χ0n) is 11.3. The SMILES string of the molecule is CN(C)c1ccc(C(=S)C(=S)c2ccccc2)cc1.[Ni]. The van der Waals surface area contributed by atoms with Crippen molar-refractivity contribution in [1.82, 2.24) is 0 Å². The van der Waals surface area contributed by atoms with E-state index < -0.39 is 0 Å². The van der Waals surface area contributed by atoms with Crippen molar-refractivity contribution in [3.05, 3.63) is 65.7 Å². The van der Waals surface area contributed by atoms with Crippen LogP contribution in [0.4, 0.5) is 5.69 Å². The number of hydrogen-bond acceptors (Lipinski definition) is 3. The molecule has 106 valence electrons. The Bertz CT molecular complexity index is 592. The van der Waals surface area contributed by atoms with Crippen LogP contribution in [-0.4, -0.2) is 23.8 Å². The molecular weight excluding hydrogens is 329 g/mol. The second-order valence-electron chi connectivity index (χ2n) is 4.47. The number of thiocarbonyl (C=S) groups is 2. The smallest absolute Gasteiger partial charge is 0.0636 e. The van der Waals surface area contributed by atoms with Gasteiger partial charge in [0.05, 0.1) is 9.73 Å². The molecule has 0 spiro atoms. The zero-order chi connectivity index (χ0) is 13.8. The molecule has 0 aliphatic heterocycles. The van der Waals surface area contributed by atoms with Gasteiger partial charge in [-0.1, -0.05) is 66.9 Å². The molecule has 0 unspecified atom stereocenters. The predicted octanol–water partition coefficient (Wildman–Crippen LogP) is 3.89. The van der Waals surface area contributed by atoms with Crippen LogP contribution < -0.4 is 4.90 Å². The number of nitrogens with zero attached hydrogens (tertiary/aromatic N) is 1. The van der Waals surface area contributed by atoms with Crippen LogP contribution in [0.5, 0.6) is 0 Å². The van der Waals surface area contributed by atoms with Crippen molar-refractivity contribution in [1.29, 1.82) is 0 Å². The molecule has 4 heteroatoms. The summed E-state index contributed by atoms with van der Waals surface area (Å²) in [6, 6.07) is 18.0. The summed E-state index contributed by atoms with van der Waals surface area (Å²) in [4.78, 5) is 3.52. The maximum Gasteiger partial charge on any atom is 0.0636 e. The molecule has 0 N–H and O–H groups in total. The summed E-state index contributed by atoms with van der Waals surface area (Å²) in [5, 5.41) is 0. The number of rotatable bonds is 4. The fourth-order valence-electron chi connectivity index (χ4n) is 1.76. The minimum absolute atomic E-state index is 0. The molecule has 0 fully saturated rings. The molecule has 1 nitrogen and oxygen atoms in total. The Balaban J connectivity index is 0.00000200. The third kappa shape index (κ3) is 3.95. The van der Waals surface area contributed by atoms with E-state index in [0.717, 1.165) is 26.5 Å². The molecule has 0 atom stereocenters. The van der Waals surface area contributed by atoms with E-state index in [0.29, 0.717) is 0 Å². The maximum atomic E-state index is 5.48. The van der Waals surface area contributed by atoms with Crippen molar-refractivity contribution >= 4 is 39.9 Å². The van der Waals surface area contributed by atoms with Gasteiger partial charge < -0.3 is 4.90 Å². The molecule has 0 bridgehead atoms. The molecule has 0 saturated carbocycles. The van der Waals surface area contributed by atoms with Gasteiger partial charge in [0.15, 0.2) is 0 Å². The van der Waals surface area contributed by atoms with Gasteiger partial charge in [-0.2, -0.15) is 0 Å². The quantitative estimate of drug-likeness (QED) is 0.471. The van der Waals surface area contributed by atoms with E-state index >= 15 is 0 Å². The van der Waals surface area contributed by atoms with E-state index in [-0.39, 0.29) is 16.5 Å². The van der Waals surface area contributed by atoms with Crippen LogP contribution >= 0.6 is 24.4 Å². The Kier molecular flexibility index (Phi) is 6.47. The van der Waals surface area contributed by atoms with Gasteiger partial charge in [-0.3, -0.25) is 0 Å². The monoisotopic (exact) mass is 343 g/mol. The summed E-state index contributed by atoms with van der Waals surface area (Å²) in [6.45, 7) is 0. The first-order valence-corrected chi connectivity index (χ1v) is 6.82. The predicted molar refractivity (Wildman–Crippen MR) is 90.6 cm³/mol. The van der Waals surface area contributed by atoms with Gasteiger partial charge in [-0.25, -0.2) is 0 Å². The van der Waals surface area contributed by atoms with Crippen LogP contribution in [0.2, 0.25) is 0 Å². The van der Waals surface area contributed by atoms with E-state index in [9.17, 15) is 0 Å². The van der Waals surface area contributed by atoms with Crippen LogP contribution in [0.15, 0.2) is 54.6 Å². The van der Waals surface area contributed by atoms with Crippen LogP contribution in [0, 0.1) is 0 Å². The van der Waals surface area contributed by atoms with Crippen molar-refractivity contribution < 1.29 is 16.5 Å². The summed E-state index contributed by atoms with van der Waals surface area (Å²) in [6.07, 6.45) is 0. The molecule has 0 aromatic heterocycles. The van der Waals surface area contributed by atoms with E-state index in [2.05, 4.69) is 17.0 Å². The normalized spacial score (nSPS) is 9.50. The Labute approximate surface area is 140 Å². The standard InChI is InChI=1S/C16H15NS2.Ni/c1-17(2)14-10-8-13(9-11-14)16(19)15(18)12-6-4-3-5-7-12;/h3-11H,1-2H3;. The van der Waals surface area contributed by atoms with Gasteiger partial charge in [-0.05, 0) is 23.3 Å². The first kappa shape index (κ1) is 17.0. The Hall–Kier alpha value is -1.09. The third-order valence-electron chi connectivity index (χ3n) is 2.89. The first-order valence-electron chi connectivity index (χ1n) is 6.01. The molecular formula is C16H15NNiS2. The average Bonchev–Trinajstić information content (AvgIpc) is 2.46. The molecule has 2 aromatic carbocycles. The number of anilines is 1. The first-order chi connectivity index (χ1) is 9.09. The van der Waals surface area contributed by atoms with Crippen molar-refractivity contribution in [3.8, 4) is 0 Å². The van der Waals surface area contributed by atoms with Gasteiger partial charge in [0.1, 0.15) is 0 Å². The zero-order valence-corrected chi connectivity index (χ0v) is 13.9. The van der Waals surface area contributed by atoms with Crippen molar-refractivity contribution in [2.45, 2.75) is 0 Å². The summed E-state index contributed by atoms with van der Waals surface area (Å²) in [5.41, 5.74) is 3.14. The van der Waals surface area contributed by atoms with Crippen LogP contribution in [0.25, 0.3) is 0 Å². The van der Waals surface area contributed by atoms with Crippen LogP contribution in [0.1, 0.15) is 11.1 Å². The third-order valence-corrected chi connectivity index (χ3v) is 3.90. The largest absolute Gasteiger partial charge is 0.378 e. The van der Waals surface area contributed by atoms with Crippen molar-refractivity contribution in [2.75, 3.05) is 19.0 Å². The van der Waals surface area contributed by atoms with Gasteiger partial charge in [0, 0.05) is 36.3 Å².